The molecule has 0 fully saturated rings. The number of rotatable bonds is 5. The normalized spacial score (nSPS) is 17.2. The molecule has 0 aliphatic carbocycles. The minimum atomic E-state index is -0.794. The van der Waals surface area contributed by atoms with Crippen LogP contribution in [0.3, 0.4) is 0 Å². The van der Waals surface area contributed by atoms with Crippen molar-refractivity contribution < 1.29 is 14.7 Å². The maximum Gasteiger partial charge on any atom is 0.311 e. The molecule has 0 spiro atoms. The van der Waals surface area contributed by atoms with E-state index >= 15 is 0 Å². The second kappa shape index (κ2) is 6.61. The van der Waals surface area contributed by atoms with Crippen molar-refractivity contribution in [2.24, 2.45) is 0 Å². The maximum atomic E-state index is 12.3. The second-order valence-corrected chi connectivity index (χ2v) is 5.23. The minimum Gasteiger partial charge on any atom is -0.481 e. The van der Waals surface area contributed by atoms with Gasteiger partial charge in [-0.3, -0.25) is 9.59 Å². The van der Waals surface area contributed by atoms with Gasteiger partial charge in [-0.15, -0.1) is 0 Å². The lowest BCUT2D eigenvalue weighted by atomic mass is 9.90. The molecule has 1 amide bonds. The number of carbonyl (C=O) groups is 2. The fourth-order valence-corrected chi connectivity index (χ4v) is 2.89. The molecule has 1 aromatic carbocycles. The predicted molar refractivity (Wildman–Crippen MR) is 81.6 cm³/mol. The van der Waals surface area contributed by atoms with Crippen LogP contribution in [0.5, 0.6) is 0 Å². The van der Waals surface area contributed by atoms with Gasteiger partial charge in [0.25, 0.3) is 0 Å². The summed E-state index contributed by atoms with van der Waals surface area (Å²) in [5, 5.41) is 9.32. The molecule has 0 saturated carbocycles. The number of hydrogen-bond donors (Lipinski definition) is 1. The number of carboxylic acid groups (broad SMARTS) is 1. The summed E-state index contributed by atoms with van der Waals surface area (Å²) in [5.41, 5.74) is 1.68. The summed E-state index contributed by atoms with van der Waals surface area (Å²) in [6.45, 7) is 6.23. The van der Waals surface area contributed by atoms with E-state index in [2.05, 4.69) is 0 Å². The van der Waals surface area contributed by atoms with Gasteiger partial charge < -0.3 is 14.9 Å². The fraction of sp³-hybridized carbons (Fsp3) is 0.500. The van der Waals surface area contributed by atoms with Crippen LogP contribution in [-0.4, -0.2) is 48.1 Å². The number of fused-ring (bicyclic) bond motifs is 1. The summed E-state index contributed by atoms with van der Waals surface area (Å²) in [5.74, 6) is -1.18. The summed E-state index contributed by atoms with van der Waals surface area (Å²) in [6.07, 6.45) is 0.540. The van der Waals surface area contributed by atoms with Gasteiger partial charge in [-0.05, 0) is 31.9 Å². The van der Waals surface area contributed by atoms with Gasteiger partial charge in [-0.2, -0.15) is 0 Å². The topological polar surface area (TPSA) is 60.9 Å². The first-order valence-electron chi connectivity index (χ1n) is 7.42. The highest BCUT2D eigenvalue weighted by Crippen LogP contribution is 2.35. The molecule has 0 saturated heterocycles. The lowest BCUT2D eigenvalue weighted by molar-refractivity contribution is -0.139. The van der Waals surface area contributed by atoms with Crippen LogP contribution in [-0.2, 0) is 9.59 Å². The number of para-hydroxylation sites is 1. The van der Waals surface area contributed by atoms with Gasteiger partial charge in [-0.25, -0.2) is 0 Å². The average molecular weight is 290 g/mol. The van der Waals surface area contributed by atoms with Gasteiger partial charge in [0.15, 0.2) is 0 Å². The monoisotopic (exact) mass is 290 g/mol. The van der Waals surface area contributed by atoms with Crippen molar-refractivity contribution in [2.45, 2.75) is 26.2 Å². The summed E-state index contributed by atoms with van der Waals surface area (Å²) in [6, 6.07) is 7.49. The highest BCUT2D eigenvalue weighted by atomic mass is 16.4. The molecule has 1 unspecified atom stereocenters. The maximum absolute atomic E-state index is 12.3. The molecule has 0 aromatic heterocycles. The lowest BCUT2D eigenvalue weighted by Crippen LogP contribution is -2.43. The minimum absolute atomic E-state index is 0.0866. The number of aliphatic carboxylic acids is 1. The number of likely N-dealkylation sites (N-methyl/N-ethyl adjacent to an activating group) is 1. The Morgan fingerprint density at radius 2 is 1.95 bits per heavy atom. The van der Waals surface area contributed by atoms with E-state index in [1.807, 2.05) is 43.0 Å². The molecule has 1 aliphatic rings. The van der Waals surface area contributed by atoms with Crippen LogP contribution in [0.1, 0.15) is 31.7 Å². The molecule has 2 rings (SSSR count). The van der Waals surface area contributed by atoms with Gasteiger partial charge in [0.1, 0.15) is 0 Å². The van der Waals surface area contributed by atoms with Gasteiger partial charge in [0.05, 0.1) is 12.5 Å². The van der Waals surface area contributed by atoms with Crippen molar-refractivity contribution in [3.8, 4) is 0 Å². The number of amides is 1. The summed E-state index contributed by atoms with van der Waals surface area (Å²) >= 11 is 0. The summed E-state index contributed by atoms with van der Waals surface area (Å²) in [7, 11) is 0. The number of hydrogen-bond acceptors (Lipinski definition) is 3. The zero-order valence-corrected chi connectivity index (χ0v) is 12.6. The van der Waals surface area contributed by atoms with E-state index in [-0.39, 0.29) is 5.91 Å². The van der Waals surface area contributed by atoms with Gasteiger partial charge in [0, 0.05) is 25.3 Å². The van der Waals surface area contributed by atoms with E-state index in [0.29, 0.717) is 32.6 Å². The number of carboxylic acids is 1. The van der Waals surface area contributed by atoms with Crippen molar-refractivity contribution in [2.75, 3.05) is 31.1 Å². The predicted octanol–water partition coefficient (Wildman–Crippen LogP) is 1.93. The largest absolute Gasteiger partial charge is 0.481 e. The van der Waals surface area contributed by atoms with Crippen LogP contribution in [0.2, 0.25) is 0 Å². The molecular weight excluding hydrogens is 268 g/mol. The first-order chi connectivity index (χ1) is 10.1. The van der Waals surface area contributed by atoms with E-state index in [1.54, 1.807) is 4.90 Å². The third-order valence-corrected chi connectivity index (χ3v) is 4.08. The Balaban J connectivity index is 2.21. The number of nitrogens with zero attached hydrogens (tertiary/aromatic N) is 2. The summed E-state index contributed by atoms with van der Waals surface area (Å²) in [4.78, 5) is 27.4. The Bertz CT molecular complexity index is 526. The van der Waals surface area contributed by atoms with E-state index in [9.17, 15) is 14.7 Å². The second-order valence-electron chi connectivity index (χ2n) is 5.23. The molecule has 5 nitrogen and oxygen atoms in total. The smallest absolute Gasteiger partial charge is 0.311 e. The Labute approximate surface area is 125 Å². The molecule has 114 valence electrons. The standard InChI is InChI=1S/C16H22N2O3/c1-3-17(4-2)15(19)11-18-10-9-13(16(20)21)12-7-5-6-8-14(12)18/h5-8,13H,3-4,9-11H2,1-2H3,(H,20,21). The Hall–Kier alpha value is -2.04. The number of carbonyl (C=O) groups excluding carboxylic acids is 1. The molecule has 0 bridgehead atoms. The first kappa shape index (κ1) is 15.4. The van der Waals surface area contributed by atoms with Crippen molar-refractivity contribution in [1.82, 2.24) is 4.90 Å². The molecule has 21 heavy (non-hydrogen) atoms. The van der Waals surface area contributed by atoms with E-state index < -0.39 is 11.9 Å². The van der Waals surface area contributed by atoms with Crippen LogP contribution >= 0.6 is 0 Å². The third-order valence-electron chi connectivity index (χ3n) is 4.08. The van der Waals surface area contributed by atoms with E-state index in [0.717, 1.165) is 11.3 Å². The first-order valence-corrected chi connectivity index (χ1v) is 7.42. The van der Waals surface area contributed by atoms with E-state index in [4.69, 9.17) is 0 Å². The number of benzene rings is 1. The highest BCUT2D eigenvalue weighted by Gasteiger charge is 2.30. The van der Waals surface area contributed by atoms with Crippen LogP contribution in [0.15, 0.2) is 24.3 Å². The molecular formula is C16H22N2O3. The molecule has 1 N–H and O–H groups in total. The molecule has 5 heteroatoms. The Kier molecular flexibility index (Phi) is 4.83. The molecule has 1 aromatic rings. The van der Waals surface area contributed by atoms with Crippen LogP contribution < -0.4 is 4.90 Å². The van der Waals surface area contributed by atoms with Gasteiger partial charge >= 0.3 is 5.97 Å². The van der Waals surface area contributed by atoms with Crippen LogP contribution in [0.25, 0.3) is 0 Å². The van der Waals surface area contributed by atoms with Gasteiger partial charge in [-0.1, -0.05) is 18.2 Å². The quantitative estimate of drug-likeness (QED) is 0.900. The van der Waals surface area contributed by atoms with Crippen molar-refractivity contribution >= 4 is 17.6 Å². The Morgan fingerprint density at radius 1 is 1.29 bits per heavy atom. The SMILES string of the molecule is CCN(CC)C(=O)CN1CCC(C(=O)O)c2ccccc21. The van der Waals surface area contributed by atoms with E-state index in [1.165, 1.54) is 0 Å². The molecule has 1 heterocycles. The molecule has 1 aliphatic heterocycles. The van der Waals surface area contributed by atoms with Crippen molar-refractivity contribution in [1.29, 1.82) is 0 Å². The average Bonchev–Trinajstić information content (AvgIpc) is 2.48. The van der Waals surface area contributed by atoms with Gasteiger partial charge in [0.2, 0.25) is 5.91 Å². The zero-order chi connectivity index (χ0) is 15.4. The fourth-order valence-electron chi connectivity index (χ4n) is 2.89. The van der Waals surface area contributed by atoms with Crippen LogP contribution in [0, 0.1) is 0 Å². The molecule has 0 radical (unpaired) electrons. The van der Waals surface area contributed by atoms with Crippen molar-refractivity contribution in [3.05, 3.63) is 29.8 Å². The summed E-state index contributed by atoms with van der Waals surface area (Å²) < 4.78 is 0. The number of anilines is 1. The zero-order valence-electron chi connectivity index (χ0n) is 12.6. The van der Waals surface area contributed by atoms with Crippen LogP contribution in [0.4, 0.5) is 5.69 Å². The third kappa shape index (κ3) is 3.17. The molecule has 1 atom stereocenters. The lowest BCUT2D eigenvalue weighted by Gasteiger charge is -2.35. The van der Waals surface area contributed by atoms with Crippen molar-refractivity contribution in [3.63, 3.8) is 0 Å². The highest BCUT2D eigenvalue weighted by molar-refractivity contribution is 5.84. The Morgan fingerprint density at radius 3 is 2.57 bits per heavy atom.